The van der Waals surface area contributed by atoms with Crippen molar-refractivity contribution in [3.8, 4) is 0 Å². The van der Waals surface area contributed by atoms with Crippen LogP contribution >= 0.6 is 11.6 Å². The molecule has 2 amide bonds. The second-order valence-corrected chi connectivity index (χ2v) is 5.99. The second-order valence-electron chi connectivity index (χ2n) is 5.55. The molecule has 0 bridgehead atoms. The molecule has 2 aromatic rings. The van der Waals surface area contributed by atoms with Gasteiger partial charge in [-0.25, -0.2) is 0 Å². The number of para-hydroxylation sites is 1. The molecule has 0 aliphatic heterocycles. The Hall–Kier alpha value is -2.33. The molecule has 0 fully saturated rings. The summed E-state index contributed by atoms with van der Waals surface area (Å²) in [5, 5.41) is 6.00. The fraction of sp³-hybridized carbons (Fsp3) is 0.263. The predicted molar refractivity (Wildman–Crippen MR) is 97.4 cm³/mol. The Morgan fingerprint density at radius 3 is 2.54 bits per heavy atom. The van der Waals surface area contributed by atoms with E-state index in [-0.39, 0.29) is 0 Å². The van der Waals surface area contributed by atoms with Crippen LogP contribution in [0.25, 0.3) is 0 Å². The van der Waals surface area contributed by atoms with Gasteiger partial charge in [0.25, 0.3) is 0 Å². The molecule has 2 rings (SSSR count). The molecule has 0 aliphatic rings. The lowest BCUT2D eigenvalue weighted by atomic mass is 10.1. The van der Waals surface area contributed by atoms with Crippen LogP contribution in [0.3, 0.4) is 0 Å². The van der Waals surface area contributed by atoms with Crippen LogP contribution in [0.2, 0.25) is 5.02 Å². The van der Waals surface area contributed by atoms with Crippen molar-refractivity contribution in [1.29, 1.82) is 0 Å². The molecule has 0 heterocycles. The van der Waals surface area contributed by atoms with Crippen molar-refractivity contribution in [1.82, 2.24) is 5.32 Å². The maximum atomic E-state index is 12.1. The van der Waals surface area contributed by atoms with Gasteiger partial charge in [0.05, 0.1) is 0 Å². The summed E-state index contributed by atoms with van der Waals surface area (Å²) in [7, 11) is 0. The molecule has 0 saturated carbocycles. The highest BCUT2D eigenvalue weighted by Gasteiger charge is 2.15. The van der Waals surface area contributed by atoms with Crippen LogP contribution in [0.5, 0.6) is 0 Å². The van der Waals surface area contributed by atoms with E-state index in [0.29, 0.717) is 18.0 Å². The van der Waals surface area contributed by atoms with Crippen LogP contribution in [-0.4, -0.2) is 18.4 Å². The zero-order valence-electron chi connectivity index (χ0n) is 13.9. The summed E-state index contributed by atoms with van der Waals surface area (Å²) in [5.41, 5.74) is 3.68. The van der Waals surface area contributed by atoms with Crippen molar-refractivity contribution in [3.05, 3.63) is 64.2 Å². The molecule has 0 aliphatic carbocycles. The number of aryl methyl sites for hydroxylation is 2. The van der Waals surface area contributed by atoms with E-state index >= 15 is 0 Å². The molecule has 24 heavy (non-hydrogen) atoms. The Labute approximate surface area is 147 Å². The minimum atomic E-state index is -0.648. The van der Waals surface area contributed by atoms with Crippen LogP contribution in [0, 0.1) is 6.92 Å². The van der Waals surface area contributed by atoms with Crippen molar-refractivity contribution in [2.45, 2.75) is 26.7 Å². The maximum Gasteiger partial charge on any atom is 0.313 e. The van der Waals surface area contributed by atoms with Gasteiger partial charge in [-0.05, 0) is 48.6 Å². The van der Waals surface area contributed by atoms with Crippen LogP contribution in [-0.2, 0) is 22.4 Å². The minimum absolute atomic E-state index is 0.376. The molecule has 0 aromatic heterocycles. The summed E-state index contributed by atoms with van der Waals surface area (Å²) in [6.45, 7) is 4.29. The minimum Gasteiger partial charge on any atom is -0.347 e. The van der Waals surface area contributed by atoms with Crippen LogP contribution in [0.4, 0.5) is 5.69 Å². The number of nitrogens with one attached hydrogen (secondary N) is 2. The monoisotopic (exact) mass is 344 g/mol. The first-order valence-corrected chi connectivity index (χ1v) is 8.31. The first kappa shape index (κ1) is 18.0. The van der Waals surface area contributed by atoms with E-state index in [9.17, 15) is 9.59 Å². The van der Waals surface area contributed by atoms with E-state index in [2.05, 4.69) is 10.6 Å². The number of amides is 2. The van der Waals surface area contributed by atoms with Gasteiger partial charge in [0.15, 0.2) is 0 Å². The SMILES string of the molecule is CCc1cccc(C)c1NC(=O)C(=O)NCCc1cccc(Cl)c1. The summed E-state index contributed by atoms with van der Waals surface area (Å²) >= 11 is 5.92. The highest BCUT2D eigenvalue weighted by molar-refractivity contribution is 6.39. The summed E-state index contributed by atoms with van der Waals surface area (Å²) in [4.78, 5) is 24.1. The van der Waals surface area contributed by atoms with Crippen molar-refractivity contribution >= 4 is 29.1 Å². The first-order valence-electron chi connectivity index (χ1n) is 7.93. The van der Waals surface area contributed by atoms with Crippen LogP contribution in [0.15, 0.2) is 42.5 Å². The highest BCUT2D eigenvalue weighted by Crippen LogP contribution is 2.20. The lowest BCUT2D eigenvalue weighted by molar-refractivity contribution is -0.136. The van der Waals surface area contributed by atoms with Gasteiger partial charge in [-0.15, -0.1) is 0 Å². The summed E-state index contributed by atoms with van der Waals surface area (Å²) in [6, 6.07) is 13.2. The molecule has 5 heteroatoms. The van der Waals surface area contributed by atoms with E-state index in [1.54, 1.807) is 6.07 Å². The predicted octanol–water partition coefficient (Wildman–Crippen LogP) is 3.51. The Morgan fingerprint density at radius 1 is 1.08 bits per heavy atom. The molecule has 126 valence electrons. The van der Waals surface area contributed by atoms with Crippen molar-refractivity contribution in [2.24, 2.45) is 0 Å². The van der Waals surface area contributed by atoms with Gasteiger partial charge in [0.1, 0.15) is 0 Å². The number of carbonyl (C=O) groups excluding carboxylic acids is 2. The number of halogens is 1. The lowest BCUT2D eigenvalue weighted by Crippen LogP contribution is -2.36. The first-order chi connectivity index (χ1) is 11.5. The molecule has 0 unspecified atom stereocenters. The quantitative estimate of drug-likeness (QED) is 0.815. The Morgan fingerprint density at radius 2 is 1.83 bits per heavy atom. The van der Waals surface area contributed by atoms with Crippen LogP contribution in [0.1, 0.15) is 23.6 Å². The van der Waals surface area contributed by atoms with E-state index in [4.69, 9.17) is 11.6 Å². The van der Waals surface area contributed by atoms with E-state index in [0.717, 1.165) is 28.8 Å². The fourth-order valence-corrected chi connectivity index (χ4v) is 2.68. The largest absolute Gasteiger partial charge is 0.347 e. The van der Waals surface area contributed by atoms with Crippen molar-refractivity contribution in [3.63, 3.8) is 0 Å². The number of anilines is 1. The third-order valence-corrected chi connectivity index (χ3v) is 4.01. The topological polar surface area (TPSA) is 58.2 Å². The molecular formula is C19H21ClN2O2. The van der Waals surface area contributed by atoms with Gasteiger partial charge in [0.2, 0.25) is 0 Å². The number of rotatable bonds is 5. The summed E-state index contributed by atoms with van der Waals surface area (Å²) < 4.78 is 0. The standard InChI is InChI=1S/C19H21ClN2O2/c1-3-15-8-4-6-13(2)17(15)22-19(24)18(23)21-11-10-14-7-5-9-16(20)12-14/h4-9,12H,3,10-11H2,1-2H3,(H,21,23)(H,22,24). The number of carbonyl (C=O) groups is 2. The van der Waals surface area contributed by atoms with Crippen molar-refractivity contribution < 1.29 is 9.59 Å². The molecule has 0 saturated heterocycles. The summed E-state index contributed by atoms with van der Waals surface area (Å²) in [6.07, 6.45) is 1.40. The third kappa shape index (κ3) is 4.83. The zero-order valence-corrected chi connectivity index (χ0v) is 14.6. The van der Waals surface area contributed by atoms with Crippen molar-refractivity contribution in [2.75, 3.05) is 11.9 Å². The molecule has 0 atom stereocenters. The van der Waals surface area contributed by atoms with Gasteiger partial charge in [-0.2, -0.15) is 0 Å². The fourth-order valence-electron chi connectivity index (χ4n) is 2.47. The van der Waals surface area contributed by atoms with E-state index < -0.39 is 11.8 Å². The molecule has 2 N–H and O–H groups in total. The van der Waals surface area contributed by atoms with Crippen LogP contribution < -0.4 is 10.6 Å². The number of hydrogen-bond acceptors (Lipinski definition) is 2. The molecule has 0 radical (unpaired) electrons. The van der Waals surface area contributed by atoms with Gasteiger partial charge >= 0.3 is 11.8 Å². The number of hydrogen-bond donors (Lipinski definition) is 2. The van der Waals surface area contributed by atoms with Gasteiger partial charge < -0.3 is 10.6 Å². The maximum absolute atomic E-state index is 12.1. The average Bonchev–Trinajstić information content (AvgIpc) is 2.56. The average molecular weight is 345 g/mol. The Bertz CT molecular complexity index is 744. The highest BCUT2D eigenvalue weighted by atomic mass is 35.5. The smallest absolute Gasteiger partial charge is 0.313 e. The van der Waals surface area contributed by atoms with E-state index in [1.165, 1.54) is 0 Å². The normalized spacial score (nSPS) is 10.3. The molecule has 4 nitrogen and oxygen atoms in total. The lowest BCUT2D eigenvalue weighted by Gasteiger charge is -2.12. The molecule has 0 spiro atoms. The third-order valence-electron chi connectivity index (χ3n) is 3.77. The Kier molecular flexibility index (Phi) is 6.38. The van der Waals surface area contributed by atoms with E-state index in [1.807, 2.05) is 50.2 Å². The Balaban J connectivity index is 1.90. The van der Waals surface area contributed by atoms with Gasteiger partial charge in [-0.3, -0.25) is 9.59 Å². The molecule has 2 aromatic carbocycles. The second kappa shape index (κ2) is 8.50. The van der Waals surface area contributed by atoms with Gasteiger partial charge in [0, 0.05) is 17.3 Å². The number of benzene rings is 2. The summed E-state index contributed by atoms with van der Waals surface area (Å²) in [5.74, 6) is -1.28. The van der Waals surface area contributed by atoms with Gasteiger partial charge in [-0.1, -0.05) is 48.9 Å². The molecular weight excluding hydrogens is 324 g/mol. The zero-order chi connectivity index (χ0) is 17.5.